The van der Waals surface area contributed by atoms with Gasteiger partial charge >= 0.3 is 0 Å². The highest BCUT2D eigenvalue weighted by Crippen LogP contribution is 2.22. The molecule has 0 aliphatic carbocycles. The van der Waals surface area contributed by atoms with Gasteiger partial charge in [0.1, 0.15) is 11.6 Å². The second-order valence-electron chi connectivity index (χ2n) is 7.18. The van der Waals surface area contributed by atoms with E-state index in [1.54, 1.807) is 23.1 Å². The first kappa shape index (κ1) is 22.3. The molecule has 2 N–H and O–H groups in total. The molecule has 1 aliphatic rings. The Morgan fingerprint density at radius 1 is 1.20 bits per heavy atom. The summed E-state index contributed by atoms with van der Waals surface area (Å²) >= 11 is 11.9. The van der Waals surface area contributed by atoms with Crippen LogP contribution in [0.15, 0.2) is 36.5 Å². The molecular formula is C21H23Cl2FN4O2. The quantitative estimate of drug-likeness (QED) is 0.630. The average molecular weight is 453 g/mol. The van der Waals surface area contributed by atoms with Gasteiger partial charge in [-0.2, -0.15) is 0 Å². The number of anilines is 1. The van der Waals surface area contributed by atoms with E-state index < -0.39 is 0 Å². The Morgan fingerprint density at radius 2 is 1.97 bits per heavy atom. The molecule has 1 saturated heterocycles. The number of hydrogen-bond acceptors (Lipinski definition) is 4. The van der Waals surface area contributed by atoms with Crippen molar-refractivity contribution in [2.45, 2.75) is 19.3 Å². The van der Waals surface area contributed by atoms with Gasteiger partial charge in [0.15, 0.2) is 0 Å². The van der Waals surface area contributed by atoms with Gasteiger partial charge in [-0.3, -0.25) is 9.59 Å². The molecule has 2 amide bonds. The number of amides is 2. The number of pyridine rings is 1. The summed E-state index contributed by atoms with van der Waals surface area (Å²) in [5, 5.41) is 6.81. The number of rotatable bonds is 7. The maximum absolute atomic E-state index is 13.0. The van der Waals surface area contributed by atoms with Crippen molar-refractivity contribution >= 4 is 40.8 Å². The summed E-state index contributed by atoms with van der Waals surface area (Å²) in [6.07, 6.45) is 3.21. The smallest absolute Gasteiger partial charge is 0.227 e. The van der Waals surface area contributed by atoms with Gasteiger partial charge in [-0.1, -0.05) is 35.3 Å². The molecule has 1 aromatic heterocycles. The Morgan fingerprint density at radius 3 is 2.70 bits per heavy atom. The molecule has 1 atom stereocenters. The molecular weight excluding hydrogens is 430 g/mol. The second-order valence-corrected chi connectivity index (χ2v) is 8.03. The highest BCUT2D eigenvalue weighted by atomic mass is 35.5. The number of carbonyl (C=O) groups is 2. The van der Waals surface area contributed by atoms with Gasteiger partial charge in [0.2, 0.25) is 11.8 Å². The molecule has 160 valence electrons. The normalized spacial score (nSPS) is 16.2. The van der Waals surface area contributed by atoms with Crippen molar-refractivity contribution in [3.63, 3.8) is 0 Å². The van der Waals surface area contributed by atoms with Crippen molar-refractivity contribution in [2.75, 3.05) is 31.5 Å². The fourth-order valence-corrected chi connectivity index (χ4v) is 3.81. The molecule has 0 saturated carbocycles. The molecule has 1 aliphatic heterocycles. The molecule has 30 heavy (non-hydrogen) atoms. The van der Waals surface area contributed by atoms with Gasteiger partial charge in [-0.25, -0.2) is 9.37 Å². The van der Waals surface area contributed by atoms with Gasteiger partial charge in [0, 0.05) is 32.4 Å². The van der Waals surface area contributed by atoms with Crippen molar-refractivity contribution < 1.29 is 14.0 Å². The Hall–Kier alpha value is -2.38. The molecule has 0 spiro atoms. The van der Waals surface area contributed by atoms with E-state index >= 15 is 0 Å². The number of benzene rings is 1. The largest absolute Gasteiger partial charge is 0.367 e. The number of nitrogens with one attached hydrogen (secondary N) is 2. The van der Waals surface area contributed by atoms with Crippen LogP contribution in [-0.4, -0.2) is 47.9 Å². The zero-order chi connectivity index (χ0) is 21.5. The fraction of sp³-hybridized carbons (Fsp3) is 0.381. The second kappa shape index (κ2) is 10.6. The SMILES string of the molecule is O=C(NCCNc1ncc(Cl)cc1Cl)C1CCCN(C(=O)Cc2ccc(F)cc2)C1. The predicted octanol–water partition coefficient (Wildman–Crippen LogP) is 3.54. The first-order valence-corrected chi connectivity index (χ1v) is 10.5. The summed E-state index contributed by atoms with van der Waals surface area (Å²) in [4.78, 5) is 30.9. The van der Waals surface area contributed by atoms with Crippen molar-refractivity contribution in [3.8, 4) is 0 Å². The van der Waals surface area contributed by atoms with Gasteiger partial charge in [-0.15, -0.1) is 0 Å². The Kier molecular flexibility index (Phi) is 7.87. The van der Waals surface area contributed by atoms with Gasteiger partial charge in [-0.05, 0) is 36.6 Å². The van der Waals surface area contributed by atoms with Crippen LogP contribution in [0.1, 0.15) is 18.4 Å². The van der Waals surface area contributed by atoms with Crippen LogP contribution in [0.25, 0.3) is 0 Å². The van der Waals surface area contributed by atoms with Gasteiger partial charge in [0.05, 0.1) is 22.4 Å². The average Bonchev–Trinajstić information content (AvgIpc) is 2.74. The molecule has 3 rings (SSSR count). The number of aromatic nitrogens is 1. The molecule has 1 fully saturated rings. The van der Waals surface area contributed by atoms with Crippen LogP contribution in [0, 0.1) is 11.7 Å². The zero-order valence-corrected chi connectivity index (χ0v) is 17.8. The number of halogens is 3. The lowest BCUT2D eigenvalue weighted by Gasteiger charge is -2.32. The minimum Gasteiger partial charge on any atom is -0.367 e. The number of carbonyl (C=O) groups excluding carboxylic acids is 2. The van der Waals surface area contributed by atoms with E-state index in [1.165, 1.54) is 18.3 Å². The maximum atomic E-state index is 13.0. The van der Waals surface area contributed by atoms with E-state index in [4.69, 9.17) is 23.2 Å². The fourth-order valence-electron chi connectivity index (χ4n) is 3.36. The van der Waals surface area contributed by atoms with Gasteiger partial charge < -0.3 is 15.5 Å². The third-order valence-electron chi connectivity index (χ3n) is 4.94. The molecule has 2 aromatic rings. The van der Waals surface area contributed by atoms with Crippen molar-refractivity contribution in [1.82, 2.24) is 15.2 Å². The molecule has 9 heteroatoms. The number of nitrogens with zero attached hydrogens (tertiary/aromatic N) is 2. The van der Waals surface area contributed by atoms with Crippen LogP contribution < -0.4 is 10.6 Å². The van der Waals surface area contributed by atoms with E-state index in [9.17, 15) is 14.0 Å². The lowest BCUT2D eigenvalue weighted by atomic mass is 9.96. The van der Waals surface area contributed by atoms with Crippen LogP contribution in [0.2, 0.25) is 10.0 Å². The predicted molar refractivity (Wildman–Crippen MR) is 115 cm³/mol. The maximum Gasteiger partial charge on any atom is 0.227 e. The minimum absolute atomic E-state index is 0.0516. The Labute approximate surface area is 184 Å². The van der Waals surface area contributed by atoms with E-state index in [0.717, 1.165) is 18.4 Å². The first-order valence-electron chi connectivity index (χ1n) is 9.77. The van der Waals surface area contributed by atoms with E-state index in [-0.39, 0.29) is 30.0 Å². The standard InChI is InChI=1S/C21H23Cl2FN4O2/c22-16-11-18(23)20(27-12-16)25-7-8-26-21(30)15-2-1-9-28(13-15)19(29)10-14-3-5-17(24)6-4-14/h3-6,11-12,15H,1-2,7-10,13H2,(H,25,27)(H,26,30). The summed E-state index contributed by atoms with van der Waals surface area (Å²) in [5.74, 6) is -0.196. The van der Waals surface area contributed by atoms with Gasteiger partial charge in [0.25, 0.3) is 0 Å². The van der Waals surface area contributed by atoms with Crippen molar-refractivity contribution in [1.29, 1.82) is 0 Å². The van der Waals surface area contributed by atoms with Crippen LogP contribution in [0.5, 0.6) is 0 Å². The van der Waals surface area contributed by atoms with Crippen molar-refractivity contribution in [2.24, 2.45) is 5.92 Å². The van der Waals surface area contributed by atoms with E-state index in [0.29, 0.717) is 42.0 Å². The van der Waals surface area contributed by atoms with Crippen LogP contribution in [0.4, 0.5) is 10.2 Å². The first-order chi connectivity index (χ1) is 14.4. The number of piperidine rings is 1. The number of hydrogen-bond donors (Lipinski definition) is 2. The molecule has 1 unspecified atom stereocenters. The summed E-state index contributed by atoms with van der Waals surface area (Å²) in [6, 6.07) is 7.49. The summed E-state index contributed by atoms with van der Waals surface area (Å²) in [6.45, 7) is 1.88. The van der Waals surface area contributed by atoms with Crippen LogP contribution in [-0.2, 0) is 16.0 Å². The van der Waals surface area contributed by atoms with Crippen molar-refractivity contribution in [3.05, 3.63) is 58.0 Å². The Bertz CT molecular complexity index is 895. The molecule has 2 heterocycles. The van der Waals surface area contributed by atoms with Crippen LogP contribution in [0.3, 0.4) is 0 Å². The molecule has 0 radical (unpaired) electrons. The third kappa shape index (κ3) is 6.31. The third-order valence-corrected chi connectivity index (χ3v) is 5.43. The Balaban J connectivity index is 1.43. The molecule has 0 bridgehead atoms. The number of likely N-dealkylation sites (tertiary alicyclic amines) is 1. The van der Waals surface area contributed by atoms with Crippen LogP contribution >= 0.6 is 23.2 Å². The molecule has 1 aromatic carbocycles. The highest BCUT2D eigenvalue weighted by molar-refractivity contribution is 6.35. The summed E-state index contributed by atoms with van der Waals surface area (Å²) in [5.41, 5.74) is 0.758. The summed E-state index contributed by atoms with van der Waals surface area (Å²) in [7, 11) is 0. The van der Waals surface area contributed by atoms with E-state index in [2.05, 4.69) is 15.6 Å². The lowest BCUT2D eigenvalue weighted by Crippen LogP contribution is -2.46. The molecule has 6 nitrogen and oxygen atoms in total. The van der Waals surface area contributed by atoms with E-state index in [1.807, 2.05) is 0 Å². The topological polar surface area (TPSA) is 74.3 Å². The summed E-state index contributed by atoms with van der Waals surface area (Å²) < 4.78 is 13.0. The minimum atomic E-state index is -0.329. The highest BCUT2D eigenvalue weighted by Gasteiger charge is 2.28. The zero-order valence-electron chi connectivity index (χ0n) is 16.3. The monoisotopic (exact) mass is 452 g/mol. The lowest BCUT2D eigenvalue weighted by molar-refractivity contribution is -0.135.